The van der Waals surface area contributed by atoms with Gasteiger partial charge in [0.15, 0.2) is 0 Å². The molecule has 0 radical (unpaired) electrons. The maximum atomic E-state index is 11.9. The van der Waals surface area contributed by atoms with Crippen LogP contribution in [0.3, 0.4) is 0 Å². The summed E-state index contributed by atoms with van der Waals surface area (Å²) in [5.41, 5.74) is 0.297. The number of hydrogen-bond acceptors (Lipinski definition) is 3. The Hall–Kier alpha value is -1.59. The lowest BCUT2D eigenvalue weighted by molar-refractivity contribution is 0.0949. The van der Waals surface area contributed by atoms with Gasteiger partial charge in [-0.25, -0.2) is 9.97 Å². The van der Waals surface area contributed by atoms with Crippen LogP contribution in [-0.2, 0) is 13.6 Å². The molecule has 2 rings (SSSR count). The van der Waals surface area contributed by atoms with Crippen LogP contribution in [0.25, 0.3) is 0 Å². The number of aryl methyl sites for hydroxylation is 1. The number of halogens is 2. The van der Waals surface area contributed by atoms with Crippen LogP contribution in [-0.4, -0.2) is 20.4 Å². The lowest BCUT2D eigenvalue weighted by atomic mass is 10.2. The zero-order valence-electron chi connectivity index (χ0n) is 9.52. The van der Waals surface area contributed by atoms with Crippen molar-refractivity contribution in [2.75, 3.05) is 0 Å². The van der Waals surface area contributed by atoms with E-state index >= 15 is 0 Å². The lowest BCUT2D eigenvalue weighted by Gasteiger charge is -2.06. The molecule has 2 aromatic rings. The molecule has 7 heteroatoms. The molecule has 0 saturated heterocycles. The molecule has 0 bridgehead atoms. The highest BCUT2D eigenvalue weighted by atomic mass is 35.5. The van der Waals surface area contributed by atoms with Crippen molar-refractivity contribution in [1.29, 1.82) is 0 Å². The van der Waals surface area contributed by atoms with Crippen molar-refractivity contribution < 1.29 is 4.79 Å². The first-order valence-electron chi connectivity index (χ1n) is 5.13. The van der Waals surface area contributed by atoms with Gasteiger partial charge in [0.2, 0.25) is 0 Å². The van der Waals surface area contributed by atoms with Crippen LogP contribution < -0.4 is 5.32 Å². The highest BCUT2D eigenvalue weighted by Gasteiger charge is 2.12. The number of nitrogens with zero attached hydrogens (tertiary/aromatic N) is 3. The fraction of sp³-hybridized carbons (Fsp3) is 0.182. The number of rotatable bonds is 3. The van der Waals surface area contributed by atoms with E-state index in [-0.39, 0.29) is 16.1 Å². The molecule has 0 aliphatic heterocycles. The summed E-state index contributed by atoms with van der Waals surface area (Å²) in [4.78, 5) is 19.8. The number of carbonyl (C=O) groups is 1. The standard InChI is InChI=1S/C11H10Cl2N4O/c1-17-3-2-14-10(17)6-16-11(18)7-4-9(13)15-5-8(7)12/h2-5H,6H2,1H3,(H,16,18). The number of imidazole rings is 1. The molecule has 0 aliphatic carbocycles. The monoisotopic (exact) mass is 284 g/mol. The quantitative estimate of drug-likeness (QED) is 0.878. The molecule has 18 heavy (non-hydrogen) atoms. The maximum Gasteiger partial charge on any atom is 0.253 e. The van der Waals surface area contributed by atoms with E-state index in [1.165, 1.54) is 12.3 Å². The van der Waals surface area contributed by atoms with Crippen molar-refractivity contribution in [2.24, 2.45) is 7.05 Å². The Balaban J connectivity index is 2.08. The Morgan fingerprint density at radius 2 is 2.22 bits per heavy atom. The second-order valence-electron chi connectivity index (χ2n) is 3.62. The molecule has 94 valence electrons. The van der Waals surface area contributed by atoms with E-state index in [1.54, 1.807) is 12.4 Å². The average molecular weight is 285 g/mol. The third-order valence-corrected chi connectivity index (χ3v) is 2.90. The summed E-state index contributed by atoms with van der Waals surface area (Å²) in [7, 11) is 1.85. The fourth-order valence-electron chi connectivity index (χ4n) is 1.41. The van der Waals surface area contributed by atoms with Gasteiger partial charge in [-0.05, 0) is 6.07 Å². The third kappa shape index (κ3) is 2.80. The average Bonchev–Trinajstić information content (AvgIpc) is 2.75. The van der Waals surface area contributed by atoms with E-state index in [9.17, 15) is 4.79 Å². The third-order valence-electron chi connectivity index (χ3n) is 2.39. The van der Waals surface area contributed by atoms with Crippen molar-refractivity contribution in [3.05, 3.63) is 46.2 Å². The summed E-state index contributed by atoms with van der Waals surface area (Å²) in [6, 6.07) is 1.43. The first-order valence-corrected chi connectivity index (χ1v) is 5.89. The predicted octanol–water partition coefficient (Wildman–Crippen LogP) is 2.05. The van der Waals surface area contributed by atoms with Crippen LogP contribution in [0.1, 0.15) is 16.2 Å². The molecule has 0 aromatic carbocycles. The van der Waals surface area contributed by atoms with Crippen molar-refractivity contribution in [1.82, 2.24) is 19.9 Å². The van der Waals surface area contributed by atoms with Crippen LogP contribution in [0.4, 0.5) is 0 Å². The van der Waals surface area contributed by atoms with Crippen LogP contribution in [0.5, 0.6) is 0 Å². The van der Waals surface area contributed by atoms with E-state index in [1.807, 2.05) is 11.6 Å². The first kappa shape index (κ1) is 12.9. The van der Waals surface area contributed by atoms with Crippen LogP contribution in [0.15, 0.2) is 24.7 Å². The summed E-state index contributed by atoms with van der Waals surface area (Å²) in [6.45, 7) is 0.318. The number of carbonyl (C=O) groups excluding carboxylic acids is 1. The van der Waals surface area contributed by atoms with Gasteiger partial charge in [0.25, 0.3) is 5.91 Å². The Labute approximate surface area is 114 Å². The molecule has 5 nitrogen and oxygen atoms in total. The van der Waals surface area contributed by atoms with E-state index < -0.39 is 0 Å². The molecule has 1 N–H and O–H groups in total. The van der Waals surface area contributed by atoms with Crippen molar-refractivity contribution in [2.45, 2.75) is 6.54 Å². The van der Waals surface area contributed by atoms with E-state index in [4.69, 9.17) is 23.2 Å². The number of pyridine rings is 1. The van der Waals surface area contributed by atoms with Gasteiger partial charge in [0, 0.05) is 25.6 Å². The van der Waals surface area contributed by atoms with Gasteiger partial charge >= 0.3 is 0 Å². The van der Waals surface area contributed by atoms with Crippen LogP contribution in [0, 0.1) is 0 Å². The number of aromatic nitrogens is 3. The second-order valence-corrected chi connectivity index (χ2v) is 4.42. The molecule has 0 fully saturated rings. The minimum atomic E-state index is -0.313. The zero-order valence-corrected chi connectivity index (χ0v) is 11.0. The molecule has 0 unspecified atom stereocenters. The molecule has 2 aromatic heterocycles. The van der Waals surface area contributed by atoms with E-state index in [2.05, 4.69) is 15.3 Å². The smallest absolute Gasteiger partial charge is 0.253 e. The van der Waals surface area contributed by atoms with Crippen molar-refractivity contribution in [3.63, 3.8) is 0 Å². The summed E-state index contributed by atoms with van der Waals surface area (Å²) in [5.74, 6) is 0.437. The Kier molecular flexibility index (Phi) is 3.84. The number of hydrogen-bond donors (Lipinski definition) is 1. The normalized spacial score (nSPS) is 10.4. The van der Waals surface area contributed by atoms with Crippen molar-refractivity contribution in [3.8, 4) is 0 Å². The Morgan fingerprint density at radius 1 is 1.44 bits per heavy atom. The Morgan fingerprint density at radius 3 is 2.89 bits per heavy atom. The predicted molar refractivity (Wildman–Crippen MR) is 68.6 cm³/mol. The van der Waals surface area contributed by atoms with Gasteiger partial charge in [-0.1, -0.05) is 23.2 Å². The lowest BCUT2D eigenvalue weighted by Crippen LogP contribution is -2.24. The molecule has 0 aliphatic rings. The fourth-order valence-corrected chi connectivity index (χ4v) is 1.76. The SMILES string of the molecule is Cn1ccnc1CNC(=O)c1cc(Cl)ncc1Cl. The summed E-state index contributed by atoms with van der Waals surface area (Å²) < 4.78 is 1.82. The summed E-state index contributed by atoms with van der Waals surface area (Å²) >= 11 is 11.6. The highest BCUT2D eigenvalue weighted by Crippen LogP contribution is 2.17. The maximum absolute atomic E-state index is 11.9. The first-order chi connectivity index (χ1) is 8.58. The van der Waals surface area contributed by atoms with Gasteiger partial charge in [-0.2, -0.15) is 0 Å². The van der Waals surface area contributed by atoms with Crippen LogP contribution >= 0.6 is 23.2 Å². The van der Waals surface area contributed by atoms with E-state index in [0.29, 0.717) is 12.1 Å². The van der Waals surface area contributed by atoms with Gasteiger partial charge in [-0.15, -0.1) is 0 Å². The molecular weight excluding hydrogens is 275 g/mol. The van der Waals surface area contributed by atoms with Gasteiger partial charge < -0.3 is 9.88 Å². The van der Waals surface area contributed by atoms with Gasteiger partial charge in [0.1, 0.15) is 11.0 Å². The molecule has 0 atom stereocenters. The molecule has 0 saturated carbocycles. The van der Waals surface area contributed by atoms with Gasteiger partial charge in [0.05, 0.1) is 17.1 Å². The molecule has 0 spiro atoms. The largest absolute Gasteiger partial charge is 0.345 e. The molecule has 2 heterocycles. The minimum Gasteiger partial charge on any atom is -0.345 e. The molecule has 1 amide bonds. The zero-order chi connectivity index (χ0) is 13.1. The second kappa shape index (κ2) is 5.37. The topological polar surface area (TPSA) is 59.8 Å². The summed E-state index contributed by atoms with van der Waals surface area (Å²) in [6.07, 6.45) is 4.81. The summed E-state index contributed by atoms with van der Waals surface area (Å²) in [5, 5.41) is 3.20. The number of nitrogens with one attached hydrogen (secondary N) is 1. The number of amides is 1. The van der Waals surface area contributed by atoms with Gasteiger partial charge in [-0.3, -0.25) is 4.79 Å². The Bertz CT molecular complexity index is 582. The minimum absolute atomic E-state index is 0.224. The van der Waals surface area contributed by atoms with Crippen molar-refractivity contribution >= 4 is 29.1 Å². The van der Waals surface area contributed by atoms with Crippen LogP contribution in [0.2, 0.25) is 10.2 Å². The molecular formula is C11H10Cl2N4O. The van der Waals surface area contributed by atoms with E-state index in [0.717, 1.165) is 5.82 Å². The highest BCUT2D eigenvalue weighted by molar-refractivity contribution is 6.35.